The standard InChI is InChI=1S/C13H16N4S2/c1-17-6-5-15-13(17)3-2-9(16-14)11-8-12-10(19-11)4-7-18-12/h4-9,16H,2-3,14H2,1H3. The number of nitrogens with zero attached hydrogens (tertiary/aromatic N) is 2. The highest BCUT2D eigenvalue weighted by Gasteiger charge is 2.14. The summed E-state index contributed by atoms with van der Waals surface area (Å²) in [4.78, 5) is 5.65. The van der Waals surface area contributed by atoms with Crippen LogP contribution in [-0.2, 0) is 13.5 Å². The van der Waals surface area contributed by atoms with Crippen molar-refractivity contribution in [2.24, 2.45) is 12.9 Å². The molecule has 3 aromatic heterocycles. The molecule has 0 bridgehead atoms. The lowest BCUT2D eigenvalue weighted by molar-refractivity contribution is 0.514. The van der Waals surface area contributed by atoms with Crippen LogP contribution in [0.2, 0.25) is 0 Å². The van der Waals surface area contributed by atoms with E-state index in [1.807, 2.05) is 30.8 Å². The molecule has 6 heteroatoms. The van der Waals surface area contributed by atoms with Crippen LogP contribution in [0.5, 0.6) is 0 Å². The lowest BCUT2D eigenvalue weighted by Gasteiger charge is -2.13. The number of aromatic nitrogens is 2. The van der Waals surface area contributed by atoms with Gasteiger partial charge in [0.05, 0.1) is 6.04 Å². The third-order valence-corrected chi connectivity index (χ3v) is 5.49. The largest absolute Gasteiger partial charge is 0.338 e. The van der Waals surface area contributed by atoms with Gasteiger partial charge in [0.2, 0.25) is 0 Å². The van der Waals surface area contributed by atoms with Crippen LogP contribution in [-0.4, -0.2) is 9.55 Å². The smallest absolute Gasteiger partial charge is 0.108 e. The molecule has 0 spiro atoms. The van der Waals surface area contributed by atoms with Gasteiger partial charge in [0.25, 0.3) is 0 Å². The fourth-order valence-electron chi connectivity index (χ4n) is 2.17. The first kappa shape index (κ1) is 12.8. The van der Waals surface area contributed by atoms with Crippen LogP contribution in [0.25, 0.3) is 9.40 Å². The van der Waals surface area contributed by atoms with Gasteiger partial charge < -0.3 is 4.57 Å². The maximum atomic E-state index is 5.71. The molecule has 4 nitrogen and oxygen atoms in total. The molecular weight excluding hydrogens is 276 g/mol. The zero-order valence-corrected chi connectivity index (χ0v) is 12.3. The van der Waals surface area contributed by atoms with E-state index in [1.54, 1.807) is 11.3 Å². The minimum absolute atomic E-state index is 0.196. The van der Waals surface area contributed by atoms with E-state index in [1.165, 1.54) is 14.3 Å². The van der Waals surface area contributed by atoms with Crippen molar-refractivity contribution in [3.63, 3.8) is 0 Å². The van der Waals surface area contributed by atoms with Gasteiger partial charge in [-0.2, -0.15) is 0 Å². The summed E-state index contributed by atoms with van der Waals surface area (Å²) < 4.78 is 4.75. The van der Waals surface area contributed by atoms with Crippen LogP contribution in [0.1, 0.15) is 23.2 Å². The lowest BCUT2D eigenvalue weighted by atomic mass is 10.1. The van der Waals surface area contributed by atoms with E-state index in [4.69, 9.17) is 5.84 Å². The highest BCUT2D eigenvalue weighted by atomic mass is 32.1. The molecule has 0 saturated heterocycles. The Hall–Kier alpha value is -1.21. The van der Waals surface area contributed by atoms with Crippen molar-refractivity contribution >= 4 is 32.1 Å². The molecule has 0 aromatic carbocycles. The van der Waals surface area contributed by atoms with Gasteiger partial charge in [0.15, 0.2) is 0 Å². The third-order valence-electron chi connectivity index (χ3n) is 3.28. The van der Waals surface area contributed by atoms with Crippen LogP contribution in [0.4, 0.5) is 0 Å². The van der Waals surface area contributed by atoms with Gasteiger partial charge in [0, 0.05) is 40.1 Å². The first-order valence-corrected chi connectivity index (χ1v) is 7.87. The molecule has 3 rings (SSSR count). The molecule has 0 aliphatic carbocycles. The van der Waals surface area contributed by atoms with Gasteiger partial charge in [-0.15, -0.1) is 22.7 Å². The molecular formula is C13H16N4S2. The second-order valence-corrected chi connectivity index (χ2v) is 6.57. The second-order valence-electron chi connectivity index (χ2n) is 4.51. The van der Waals surface area contributed by atoms with Gasteiger partial charge in [0.1, 0.15) is 5.82 Å². The summed E-state index contributed by atoms with van der Waals surface area (Å²) >= 11 is 3.60. The van der Waals surface area contributed by atoms with E-state index < -0.39 is 0 Å². The summed E-state index contributed by atoms with van der Waals surface area (Å²) in [5.74, 6) is 6.80. The quantitative estimate of drug-likeness (QED) is 0.561. The molecule has 0 amide bonds. The van der Waals surface area contributed by atoms with Crippen molar-refractivity contribution in [2.45, 2.75) is 18.9 Å². The van der Waals surface area contributed by atoms with E-state index in [9.17, 15) is 0 Å². The van der Waals surface area contributed by atoms with E-state index in [-0.39, 0.29) is 6.04 Å². The monoisotopic (exact) mass is 292 g/mol. The van der Waals surface area contributed by atoms with Crippen molar-refractivity contribution in [3.8, 4) is 0 Å². The summed E-state index contributed by atoms with van der Waals surface area (Å²) in [5.41, 5.74) is 2.93. The summed E-state index contributed by atoms with van der Waals surface area (Å²) in [6.07, 6.45) is 5.68. The Morgan fingerprint density at radius 1 is 1.47 bits per heavy atom. The Bertz CT molecular complexity index is 638. The number of rotatable bonds is 5. The number of thiophene rings is 2. The Kier molecular flexibility index (Phi) is 3.65. The molecule has 0 aliphatic heterocycles. The van der Waals surface area contributed by atoms with E-state index in [0.29, 0.717) is 0 Å². The molecule has 100 valence electrons. The number of nitrogens with one attached hydrogen (secondary N) is 1. The van der Waals surface area contributed by atoms with Crippen molar-refractivity contribution < 1.29 is 0 Å². The van der Waals surface area contributed by atoms with E-state index >= 15 is 0 Å². The van der Waals surface area contributed by atoms with Crippen LogP contribution >= 0.6 is 22.7 Å². The van der Waals surface area contributed by atoms with Crippen LogP contribution in [0, 0.1) is 0 Å². The van der Waals surface area contributed by atoms with E-state index in [2.05, 4.69) is 32.5 Å². The van der Waals surface area contributed by atoms with Gasteiger partial charge in [-0.25, -0.2) is 4.98 Å². The van der Waals surface area contributed by atoms with Gasteiger partial charge in [-0.1, -0.05) is 0 Å². The number of hydrazine groups is 1. The second kappa shape index (κ2) is 5.42. The number of imidazole rings is 1. The van der Waals surface area contributed by atoms with Gasteiger partial charge in [-0.3, -0.25) is 11.3 Å². The number of fused-ring (bicyclic) bond motifs is 1. The topological polar surface area (TPSA) is 55.9 Å². The first-order chi connectivity index (χ1) is 9.28. The van der Waals surface area contributed by atoms with Gasteiger partial charge >= 0.3 is 0 Å². The number of aryl methyl sites for hydroxylation is 2. The number of hydrogen-bond donors (Lipinski definition) is 2. The molecule has 3 heterocycles. The maximum absolute atomic E-state index is 5.71. The van der Waals surface area contributed by atoms with Crippen LogP contribution in [0.3, 0.4) is 0 Å². The Labute approximate surface area is 119 Å². The molecule has 1 unspecified atom stereocenters. The number of nitrogens with two attached hydrogens (primary N) is 1. The van der Waals surface area contributed by atoms with Crippen molar-refractivity contribution in [1.82, 2.24) is 15.0 Å². The van der Waals surface area contributed by atoms with Crippen molar-refractivity contribution in [2.75, 3.05) is 0 Å². The molecule has 0 radical (unpaired) electrons. The minimum atomic E-state index is 0.196. The SMILES string of the molecule is Cn1ccnc1CCC(NN)c1cc2sccc2s1. The summed E-state index contributed by atoms with van der Waals surface area (Å²) in [7, 11) is 2.02. The van der Waals surface area contributed by atoms with Crippen molar-refractivity contribution in [3.05, 3.63) is 40.6 Å². The highest BCUT2D eigenvalue weighted by Crippen LogP contribution is 2.34. The molecule has 0 fully saturated rings. The Morgan fingerprint density at radius 3 is 3.05 bits per heavy atom. The van der Waals surface area contributed by atoms with Crippen LogP contribution in [0.15, 0.2) is 29.9 Å². The predicted molar refractivity (Wildman–Crippen MR) is 81.3 cm³/mol. The highest BCUT2D eigenvalue weighted by molar-refractivity contribution is 7.26. The van der Waals surface area contributed by atoms with E-state index in [0.717, 1.165) is 18.7 Å². The zero-order chi connectivity index (χ0) is 13.2. The van der Waals surface area contributed by atoms with Gasteiger partial charge in [-0.05, 0) is 23.9 Å². The predicted octanol–water partition coefficient (Wildman–Crippen LogP) is 2.83. The number of hydrogen-bond acceptors (Lipinski definition) is 5. The average Bonchev–Trinajstić information content (AvgIpc) is 3.06. The fourth-order valence-corrected chi connectivity index (χ4v) is 4.39. The fraction of sp³-hybridized carbons (Fsp3) is 0.308. The minimum Gasteiger partial charge on any atom is -0.338 e. The van der Waals surface area contributed by atoms with Crippen LogP contribution < -0.4 is 11.3 Å². The zero-order valence-electron chi connectivity index (χ0n) is 10.7. The van der Waals surface area contributed by atoms with Crippen molar-refractivity contribution in [1.29, 1.82) is 0 Å². The Morgan fingerprint density at radius 2 is 2.37 bits per heavy atom. The maximum Gasteiger partial charge on any atom is 0.108 e. The molecule has 3 aromatic rings. The lowest BCUT2D eigenvalue weighted by Crippen LogP contribution is -2.28. The summed E-state index contributed by atoms with van der Waals surface area (Å²) in [5, 5.41) is 2.13. The third kappa shape index (κ3) is 2.57. The normalized spacial score (nSPS) is 13.2. The first-order valence-electron chi connectivity index (χ1n) is 6.17. The Balaban J connectivity index is 1.74. The average molecular weight is 292 g/mol. The summed E-state index contributed by atoms with van der Waals surface area (Å²) in [6.45, 7) is 0. The molecule has 0 saturated carbocycles. The molecule has 1 atom stereocenters. The molecule has 3 N–H and O–H groups in total. The molecule has 19 heavy (non-hydrogen) atoms. The summed E-state index contributed by atoms with van der Waals surface area (Å²) in [6, 6.07) is 4.61. The molecule has 0 aliphatic rings.